The largest absolute Gasteiger partial charge is 0.414 e. The molecule has 1 aliphatic heterocycles. The minimum Gasteiger partial charge on any atom is -0.394 e. The van der Waals surface area contributed by atoms with Crippen LogP contribution in [0.3, 0.4) is 0 Å². The van der Waals surface area contributed by atoms with Gasteiger partial charge in [0.2, 0.25) is 5.88 Å². The molecule has 2 amide bonds. The van der Waals surface area contributed by atoms with Gasteiger partial charge in [-0.15, -0.1) is 5.10 Å². The van der Waals surface area contributed by atoms with E-state index in [1.165, 1.54) is 0 Å². The van der Waals surface area contributed by atoms with E-state index in [1.807, 2.05) is 12.1 Å². The number of halogens is 1. The molecular weight excluding hydrogens is 474 g/mol. The Morgan fingerprint density at radius 3 is 2.83 bits per heavy atom. The minimum absolute atomic E-state index is 0.142. The highest BCUT2D eigenvalue weighted by molar-refractivity contribution is 6.30. The van der Waals surface area contributed by atoms with Gasteiger partial charge in [0.1, 0.15) is 5.52 Å². The summed E-state index contributed by atoms with van der Waals surface area (Å²) < 4.78 is 5.44. The predicted molar refractivity (Wildman–Crippen MR) is 126 cm³/mol. The van der Waals surface area contributed by atoms with Crippen LogP contribution in [0, 0.1) is 0 Å². The van der Waals surface area contributed by atoms with E-state index in [2.05, 4.69) is 30.9 Å². The molecule has 4 aromatic rings. The van der Waals surface area contributed by atoms with E-state index in [4.69, 9.17) is 16.3 Å². The Kier molecular flexibility index (Phi) is 6.34. The maximum absolute atomic E-state index is 13.0. The Hall–Kier alpha value is -3.96. The van der Waals surface area contributed by atoms with E-state index in [0.717, 1.165) is 16.6 Å². The van der Waals surface area contributed by atoms with Crippen molar-refractivity contribution in [1.82, 2.24) is 35.8 Å². The Labute approximate surface area is 204 Å². The summed E-state index contributed by atoms with van der Waals surface area (Å²) in [5, 5.41) is 30.4. The Bertz CT molecular complexity index is 1370. The monoisotopic (exact) mass is 495 g/mol. The average Bonchev–Trinajstić information content (AvgIpc) is 3.50. The van der Waals surface area contributed by atoms with E-state index in [9.17, 15) is 14.7 Å². The maximum atomic E-state index is 13.0. The quantitative estimate of drug-likeness (QED) is 0.320. The molecular formula is C23H22ClN7O4. The molecule has 0 saturated carbocycles. The molecule has 0 spiro atoms. The lowest BCUT2D eigenvalue weighted by atomic mass is 10.1. The number of hydrogen-bond donors (Lipinski definition) is 4. The molecule has 0 aliphatic carbocycles. The van der Waals surface area contributed by atoms with E-state index < -0.39 is 12.1 Å². The van der Waals surface area contributed by atoms with Crippen molar-refractivity contribution in [2.75, 3.05) is 13.2 Å². The number of H-pyrrole nitrogens is 2. The normalized spacial score (nSPS) is 13.9. The summed E-state index contributed by atoms with van der Waals surface area (Å²) in [5.74, 6) is 0.0912. The summed E-state index contributed by atoms with van der Waals surface area (Å²) in [6, 6.07) is 11.8. The molecule has 180 valence electrons. The van der Waals surface area contributed by atoms with Crippen LogP contribution in [0.1, 0.15) is 27.2 Å². The molecule has 2 aromatic carbocycles. The molecule has 2 aromatic heterocycles. The number of ether oxygens (including phenoxy) is 1. The van der Waals surface area contributed by atoms with Crippen LogP contribution in [0.15, 0.2) is 42.5 Å². The highest BCUT2D eigenvalue weighted by atomic mass is 35.5. The number of amides is 2. The second kappa shape index (κ2) is 9.72. The summed E-state index contributed by atoms with van der Waals surface area (Å²) in [6.45, 7) is 0.467. The van der Waals surface area contributed by atoms with Crippen molar-refractivity contribution >= 4 is 34.6 Å². The summed E-state index contributed by atoms with van der Waals surface area (Å²) >= 11 is 5.90. The molecule has 1 atom stereocenters. The third-order valence-corrected chi connectivity index (χ3v) is 6.13. The number of carbonyl (C=O) groups excluding carboxylic acids is 2. The number of nitrogens with zero attached hydrogens (tertiary/aromatic N) is 4. The molecule has 0 fully saturated rings. The van der Waals surface area contributed by atoms with Crippen molar-refractivity contribution in [3.63, 3.8) is 0 Å². The number of aromatic amines is 2. The molecule has 12 heteroatoms. The number of rotatable bonds is 6. The molecule has 1 aliphatic rings. The maximum Gasteiger partial charge on any atom is 0.414 e. The number of aromatic nitrogens is 5. The number of carbonyl (C=O) groups is 2. The molecule has 5 rings (SSSR count). The first-order valence-electron chi connectivity index (χ1n) is 11.0. The Morgan fingerprint density at radius 1 is 1.20 bits per heavy atom. The number of aliphatic hydroxyl groups excluding tert-OH is 1. The van der Waals surface area contributed by atoms with Crippen molar-refractivity contribution in [1.29, 1.82) is 0 Å². The smallest absolute Gasteiger partial charge is 0.394 e. The molecule has 0 radical (unpaired) electrons. The molecule has 1 unspecified atom stereocenters. The molecule has 0 bridgehead atoms. The number of aliphatic hydroxyl groups is 1. The third-order valence-electron chi connectivity index (χ3n) is 5.88. The first kappa shape index (κ1) is 22.8. The summed E-state index contributed by atoms with van der Waals surface area (Å²) in [7, 11) is 0. The van der Waals surface area contributed by atoms with E-state index >= 15 is 0 Å². The number of fused-ring (bicyclic) bond motifs is 2. The summed E-state index contributed by atoms with van der Waals surface area (Å²) in [4.78, 5) is 27.1. The van der Waals surface area contributed by atoms with Crippen LogP contribution in [-0.4, -0.2) is 66.8 Å². The van der Waals surface area contributed by atoms with Crippen molar-refractivity contribution in [3.05, 3.63) is 69.9 Å². The second-order valence-corrected chi connectivity index (χ2v) is 8.68. The molecule has 3 heterocycles. The van der Waals surface area contributed by atoms with Gasteiger partial charge in [0.05, 0.1) is 30.4 Å². The number of hydrogen-bond acceptors (Lipinski definition) is 7. The first-order chi connectivity index (χ1) is 17.0. The SMILES string of the molecule is O=C(NC(CO)Cc1ccc(Cl)cc1)Oc1[nH]nc2c1CCN(C(=O)c1ccc3[nH]nnc3c1)C2. The lowest BCUT2D eigenvalue weighted by molar-refractivity contribution is 0.0732. The summed E-state index contributed by atoms with van der Waals surface area (Å²) in [6.07, 6.45) is 0.186. The van der Waals surface area contributed by atoms with E-state index in [0.29, 0.717) is 41.2 Å². The highest BCUT2D eigenvalue weighted by Crippen LogP contribution is 2.27. The van der Waals surface area contributed by atoms with Gasteiger partial charge in [-0.05, 0) is 48.7 Å². The van der Waals surface area contributed by atoms with E-state index in [1.54, 1.807) is 35.2 Å². The lowest BCUT2D eigenvalue weighted by Gasteiger charge is -2.26. The van der Waals surface area contributed by atoms with Crippen molar-refractivity contribution < 1.29 is 19.4 Å². The highest BCUT2D eigenvalue weighted by Gasteiger charge is 2.28. The average molecular weight is 496 g/mol. The molecule has 4 N–H and O–H groups in total. The van der Waals surface area contributed by atoms with Crippen LogP contribution in [0.4, 0.5) is 4.79 Å². The number of nitrogens with one attached hydrogen (secondary N) is 3. The Morgan fingerprint density at radius 2 is 2.03 bits per heavy atom. The van der Waals surface area contributed by atoms with Crippen LogP contribution in [-0.2, 0) is 19.4 Å². The van der Waals surface area contributed by atoms with Gasteiger partial charge in [0.15, 0.2) is 0 Å². The van der Waals surface area contributed by atoms with Gasteiger partial charge in [0.25, 0.3) is 5.91 Å². The second-order valence-electron chi connectivity index (χ2n) is 8.24. The minimum atomic E-state index is -0.705. The molecule has 11 nitrogen and oxygen atoms in total. The van der Waals surface area contributed by atoms with Crippen molar-refractivity contribution in [2.24, 2.45) is 0 Å². The van der Waals surface area contributed by atoms with Crippen LogP contribution in [0.5, 0.6) is 5.88 Å². The fourth-order valence-electron chi connectivity index (χ4n) is 4.05. The fraction of sp³-hybridized carbons (Fsp3) is 0.261. The van der Waals surface area contributed by atoms with Gasteiger partial charge in [-0.3, -0.25) is 9.89 Å². The third kappa shape index (κ3) is 4.96. The summed E-state index contributed by atoms with van der Waals surface area (Å²) in [5.41, 5.74) is 4.18. The van der Waals surface area contributed by atoms with Crippen molar-refractivity contribution in [3.8, 4) is 5.88 Å². The van der Waals surface area contributed by atoms with Crippen LogP contribution < -0.4 is 10.1 Å². The van der Waals surface area contributed by atoms with Gasteiger partial charge in [0, 0.05) is 22.7 Å². The Balaban J connectivity index is 1.20. The zero-order chi connectivity index (χ0) is 24.4. The molecule has 35 heavy (non-hydrogen) atoms. The number of benzene rings is 2. The predicted octanol–water partition coefficient (Wildman–Crippen LogP) is 2.22. The van der Waals surface area contributed by atoms with Gasteiger partial charge in [-0.1, -0.05) is 28.9 Å². The molecule has 0 saturated heterocycles. The topological polar surface area (TPSA) is 149 Å². The van der Waals surface area contributed by atoms with Gasteiger partial charge < -0.3 is 20.1 Å². The van der Waals surface area contributed by atoms with Gasteiger partial charge in [-0.25, -0.2) is 9.89 Å². The van der Waals surface area contributed by atoms with Crippen LogP contribution in [0.2, 0.25) is 5.02 Å². The zero-order valence-corrected chi connectivity index (χ0v) is 19.2. The zero-order valence-electron chi connectivity index (χ0n) is 18.5. The standard InChI is InChI=1S/C23H22ClN7O4/c24-15-4-1-13(2-5-15)9-16(12-32)25-23(34)35-21-17-7-8-31(11-20(17)26-29-21)22(33)14-3-6-18-19(10-14)28-30-27-18/h1-6,10,16,32H,7-9,11-12H2,(H,25,34)(H,26,29)(H,27,28,30). The van der Waals surface area contributed by atoms with Gasteiger partial charge in [-0.2, -0.15) is 5.10 Å². The van der Waals surface area contributed by atoms with Gasteiger partial charge >= 0.3 is 6.09 Å². The first-order valence-corrected chi connectivity index (χ1v) is 11.4. The fourth-order valence-corrected chi connectivity index (χ4v) is 4.18. The van der Waals surface area contributed by atoms with Crippen molar-refractivity contribution in [2.45, 2.75) is 25.4 Å². The lowest BCUT2D eigenvalue weighted by Crippen LogP contribution is -2.41. The van der Waals surface area contributed by atoms with Crippen LogP contribution >= 0.6 is 11.6 Å². The van der Waals surface area contributed by atoms with Crippen LogP contribution in [0.25, 0.3) is 11.0 Å². The van der Waals surface area contributed by atoms with E-state index in [-0.39, 0.29) is 24.9 Å².